The minimum atomic E-state index is 0.911. The molecule has 0 fully saturated rings. The van der Waals surface area contributed by atoms with Gasteiger partial charge in [0.2, 0.25) is 0 Å². The summed E-state index contributed by atoms with van der Waals surface area (Å²) in [7, 11) is 0. The van der Waals surface area contributed by atoms with Crippen molar-refractivity contribution in [2.75, 3.05) is 0 Å². The molecule has 0 aliphatic heterocycles. The Morgan fingerprint density at radius 2 is 2.00 bits per heavy atom. The third-order valence-corrected chi connectivity index (χ3v) is 2.14. The number of hydrogen-bond acceptors (Lipinski definition) is 1. The highest BCUT2D eigenvalue weighted by Crippen LogP contribution is 2.19. The fraction of sp³-hybridized carbons (Fsp3) is 0.0833. The Morgan fingerprint density at radius 1 is 1.29 bits per heavy atom. The van der Waals surface area contributed by atoms with Crippen molar-refractivity contribution in [2.45, 2.75) is 6.92 Å². The largest absolute Gasteiger partial charge is 0.282 e. The summed E-state index contributed by atoms with van der Waals surface area (Å²) in [5.74, 6) is 0. The van der Waals surface area contributed by atoms with Gasteiger partial charge in [0.25, 0.3) is 0 Å². The molecule has 0 radical (unpaired) electrons. The Kier molecular flexibility index (Phi) is 2.19. The predicted octanol–water partition coefficient (Wildman–Crippen LogP) is 2.78. The standard InChI is InChI=1S/C12H12N2/c1-9-8-12(14-13-9)10(2)11-6-4-3-5-7-11/h3-8H,2H2,1H3,(H,13,14). The molecule has 0 aliphatic carbocycles. The molecule has 0 saturated heterocycles. The number of nitrogens with zero attached hydrogens (tertiary/aromatic N) is 1. The van der Waals surface area contributed by atoms with E-state index in [-0.39, 0.29) is 0 Å². The highest BCUT2D eigenvalue weighted by molar-refractivity contribution is 5.75. The zero-order valence-corrected chi connectivity index (χ0v) is 8.12. The lowest BCUT2D eigenvalue weighted by atomic mass is 10.1. The molecule has 0 atom stereocenters. The summed E-state index contributed by atoms with van der Waals surface area (Å²) in [6, 6.07) is 12.1. The van der Waals surface area contributed by atoms with Crippen molar-refractivity contribution < 1.29 is 0 Å². The first-order valence-electron chi connectivity index (χ1n) is 4.54. The van der Waals surface area contributed by atoms with E-state index in [9.17, 15) is 0 Å². The van der Waals surface area contributed by atoms with Gasteiger partial charge in [0.05, 0.1) is 5.69 Å². The van der Waals surface area contributed by atoms with Gasteiger partial charge < -0.3 is 0 Å². The number of nitrogens with one attached hydrogen (secondary N) is 1. The van der Waals surface area contributed by atoms with E-state index < -0.39 is 0 Å². The van der Waals surface area contributed by atoms with Crippen LogP contribution >= 0.6 is 0 Å². The lowest BCUT2D eigenvalue weighted by Gasteiger charge is -2.00. The van der Waals surface area contributed by atoms with E-state index in [4.69, 9.17) is 0 Å². The first-order valence-corrected chi connectivity index (χ1v) is 4.54. The van der Waals surface area contributed by atoms with Crippen LogP contribution in [0.15, 0.2) is 43.0 Å². The maximum atomic E-state index is 4.17. The van der Waals surface area contributed by atoms with Crippen molar-refractivity contribution in [2.24, 2.45) is 0 Å². The zero-order valence-electron chi connectivity index (χ0n) is 8.12. The maximum Gasteiger partial charge on any atom is 0.0923 e. The summed E-state index contributed by atoms with van der Waals surface area (Å²) in [4.78, 5) is 0. The van der Waals surface area contributed by atoms with Gasteiger partial charge in [-0.1, -0.05) is 36.9 Å². The molecule has 2 aromatic rings. The van der Waals surface area contributed by atoms with E-state index in [0.717, 1.165) is 22.5 Å². The van der Waals surface area contributed by atoms with Gasteiger partial charge in [-0.3, -0.25) is 5.10 Å². The topological polar surface area (TPSA) is 28.7 Å². The van der Waals surface area contributed by atoms with Gasteiger partial charge in [0.15, 0.2) is 0 Å². The van der Waals surface area contributed by atoms with Crippen molar-refractivity contribution in [3.63, 3.8) is 0 Å². The van der Waals surface area contributed by atoms with Crippen LogP contribution in [0.2, 0.25) is 0 Å². The van der Waals surface area contributed by atoms with Crippen molar-refractivity contribution in [1.29, 1.82) is 0 Å². The molecule has 0 bridgehead atoms. The Labute approximate surface area is 83.3 Å². The lowest BCUT2D eigenvalue weighted by Crippen LogP contribution is -1.85. The summed E-state index contributed by atoms with van der Waals surface area (Å²) < 4.78 is 0. The Morgan fingerprint density at radius 3 is 2.57 bits per heavy atom. The quantitative estimate of drug-likeness (QED) is 0.763. The number of benzene rings is 1. The molecular weight excluding hydrogens is 172 g/mol. The molecule has 0 unspecified atom stereocenters. The summed E-state index contributed by atoms with van der Waals surface area (Å²) in [6.07, 6.45) is 0. The SMILES string of the molecule is C=C(c1ccccc1)c1cc(C)[nH]n1. The molecule has 2 heteroatoms. The highest BCUT2D eigenvalue weighted by Gasteiger charge is 2.04. The molecule has 1 aromatic heterocycles. The van der Waals surface area contributed by atoms with Crippen molar-refractivity contribution in [1.82, 2.24) is 10.2 Å². The summed E-state index contributed by atoms with van der Waals surface area (Å²) in [5, 5.41) is 7.08. The minimum Gasteiger partial charge on any atom is -0.282 e. The third kappa shape index (κ3) is 1.59. The Bertz CT molecular complexity index is 440. The van der Waals surface area contributed by atoms with Crippen molar-refractivity contribution in [3.8, 4) is 0 Å². The predicted molar refractivity (Wildman–Crippen MR) is 57.9 cm³/mol. The summed E-state index contributed by atoms with van der Waals surface area (Å²) >= 11 is 0. The fourth-order valence-electron chi connectivity index (χ4n) is 1.36. The average Bonchev–Trinajstić information content (AvgIpc) is 2.65. The first kappa shape index (κ1) is 8.75. The highest BCUT2D eigenvalue weighted by atomic mass is 15.1. The summed E-state index contributed by atoms with van der Waals surface area (Å²) in [6.45, 7) is 6.01. The molecule has 0 aliphatic rings. The van der Waals surface area contributed by atoms with E-state index in [0.29, 0.717) is 0 Å². The van der Waals surface area contributed by atoms with Gasteiger partial charge in [-0.05, 0) is 18.6 Å². The number of aromatic amines is 1. The molecular formula is C12H12N2. The zero-order chi connectivity index (χ0) is 9.97. The van der Waals surface area contributed by atoms with Gasteiger partial charge in [0, 0.05) is 11.3 Å². The number of hydrogen-bond donors (Lipinski definition) is 1. The second-order valence-electron chi connectivity index (χ2n) is 3.28. The van der Waals surface area contributed by atoms with E-state index in [1.54, 1.807) is 0 Å². The van der Waals surface area contributed by atoms with Crippen molar-refractivity contribution in [3.05, 3.63) is 59.9 Å². The Balaban J connectivity index is 2.34. The molecule has 1 heterocycles. The molecule has 2 nitrogen and oxygen atoms in total. The molecule has 1 N–H and O–H groups in total. The van der Waals surface area contributed by atoms with Crippen LogP contribution in [-0.4, -0.2) is 10.2 Å². The molecule has 0 saturated carbocycles. The molecule has 2 rings (SSSR count). The second kappa shape index (κ2) is 3.50. The van der Waals surface area contributed by atoms with Crippen LogP contribution < -0.4 is 0 Å². The second-order valence-corrected chi connectivity index (χ2v) is 3.28. The Hall–Kier alpha value is -1.83. The van der Waals surface area contributed by atoms with Crippen LogP contribution in [0.3, 0.4) is 0 Å². The van der Waals surface area contributed by atoms with Gasteiger partial charge in [-0.2, -0.15) is 5.10 Å². The molecule has 0 spiro atoms. The first-order chi connectivity index (χ1) is 6.77. The smallest absolute Gasteiger partial charge is 0.0923 e. The van der Waals surface area contributed by atoms with Gasteiger partial charge in [-0.25, -0.2) is 0 Å². The number of H-pyrrole nitrogens is 1. The monoisotopic (exact) mass is 184 g/mol. The third-order valence-electron chi connectivity index (χ3n) is 2.14. The molecule has 0 amide bonds. The van der Waals surface area contributed by atoms with Gasteiger partial charge in [0.1, 0.15) is 0 Å². The van der Waals surface area contributed by atoms with Gasteiger partial charge in [-0.15, -0.1) is 0 Å². The average molecular weight is 184 g/mol. The number of aryl methyl sites for hydroxylation is 1. The van der Waals surface area contributed by atoms with Crippen LogP contribution in [-0.2, 0) is 0 Å². The van der Waals surface area contributed by atoms with Crippen LogP contribution in [0.1, 0.15) is 17.0 Å². The van der Waals surface area contributed by atoms with E-state index >= 15 is 0 Å². The van der Waals surface area contributed by atoms with Crippen LogP contribution in [0, 0.1) is 6.92 Å². The molecule has 14 heavy (non-hydrogen) atoms. The van der Waals surface area contributed by atoms with E-state index in [1.807, 2.05) is 43.3 Å². The van der Waals surface area contributed by atoms with Crippen LogP contribution in [0.4, 0.5) is 0 Å². The van der Waals surface area contributed by atoms with Crippen LogP contribution in [0.25, 0.3) is 5.57 Å². The van der Waals surface area contributed by atoms with Crippen molar-refractivity contribution >= 4 is 5.57 Å². The number of aromatic nitrogens is 2. The molecule has 70 valence electrons. The number of rotatable bonds is 2. The maximum absolute atomic E-state index is 4.17. The van der Waals surface area contributed by atoms with Crippen LogP contribution in [0.5, 0.6) is 0 Å². The minimum absolute atomic E-state index is 0.911. The van der Waals surface area contributed by atoms with Gasteiger partial charge >= 0.3 is 0 Å². The lowest BCUT2D eigenvalue weighted by molar-refractivity contribution is 1.04. The fourth-order valence-corrected chi connectivity index (χ4v) is 1.36. The summed E-state index contributed by atoms with van der Waals surface area (Å²) in [5.41, 5.74) is 4.03. The normalized spacial score (nSPS) is 10.1. The van der Waals surface area contributed by atoms with E-state index in [1.165, 1.54) is 0 Å². The van der Waals surface area contributed by atoms with E-state index in [2.05, 4.69) is 16.8 Å². The molecule has 1 aromatic carbocycles.